The lowest BCUT2D eigenvalue weighted by Gasteiger charge is -2.00. The van der Waals surface area contributed by atoms with Gasteiger partial charge in [0.05, 0.1) is 23.3 Å². The third kappa shape index (κ3) is 3.65. The Labute approximate surface area is 146 Å². The van der Waals surface area contributed by atoms with E-state index < -0.39 is 0 Å². The Morgan fingerprint density at radius 2 is 1.70 bits per heavy atom. The molecule has 0 aliphatic carbocycles. The molecule has 0 atom stereocenters. The van der Waals surface area contributed by atoms with Gasteiger partial charge in [-0.05, 0) is 55.8 Å². The van der Waals surface area contributed by atoms with Gasteiger partial charge in [-0.3, -0.25) is 0 Å². The van der Waals surface area contributed by atoms with Crippen LogP contribution in [0.3, 0.4) is 0 Å². The molecular formula is C17H16N4S2. The van der Waals surface area contributed by atoms with Crippen LogP contribution in [0.5, 0.6) is 0 Å². The van der Waals surface area contributed by atoms with Crippen LogP contribution in [-0.4, -0.2) is 9.78 Å². The van der Waals surface area contributed by atoms with E-state index in [-0.39, 0.29) is 0 Å². The van der Waals surface area contributed by atoms with Gasteiger partial charge in [0.2, 0.25) is 0 Å². The maximum absolute atomic E-state index is 4.48. The van der Waals surface area contributed by atoms with Gasteiger partial charge in [0.1, 0.15) is 5.69 Å². The molecule has 0 radical (unpaired) electrons. The van der Waals surface area contributed by atoms with Crippen molar-refractivity contribution in [1.82, 2.24) is 9.78 Å². The van der Waals surface area contributed by atoms with Crippen LogP contribution in [0.2, 0.25) is 0 Å². The molecule has 0 saturated carbocycles. The van der Waals surface area contributed by atoms with Crippen molar-refractivity contribution in [1.29, 1.82) is 0 Å². The van der Waals surface area contributed by atoms with Gasteiger partial charge >= 0.3 is 0 Å². The fourth-order valence-electron chi connectivity index (χ4n) is 2.06. The topological polar surface area (TPSA) is 42.5 Å². The molecule has 0 aliphatic rings. The molecule has 0 bridgehead atoms. The molecule has 3 rings (SSSR count). The molecule has 0 fully saturated rings. The minimum absolute atomic E-state index is 0.737. The van der Waals surface area contributed by atoms with Gasteiger partial charge in [-0.2, -0.15) is 10.2 Å². The minimum Gasteiger partial charge on any atom is -0.238 e. The predicted molar refractivity (Wildman–Crippen MR) is 98.2 cm³/mol. The van der Waals surface area contributed by atoms with Crippen LogP contribution in [0.15, 0.2) is 68.7 Å². The summed E-state index contributed by atoms with van der Waals surface area (Å²) in [6.45, 7) is 3.92. The smallest absolute Gasteiger partial charge is 0.127 e. The average molecular weight is 340 g/mol. The van der Waals surface area contributed by atoms with Gasteiger partial charge < -0.3 is 0 Å². The zero-order valence-electron chi connectivity index (χ0n) is 12.8. The third-order valence-electron chi connectivity index (χ3n) is 3.45. The summed E-state index contributed by atoms with van der Waals surface area (Å²) in [6, 6.07) is 13.6. The second-order valence-electron chi connectivity index (χ2n) is 5.23. The van der Waals surface area contributed by atoms with Crippen LogP contribution in [-0.2, 0) is 0 Å². The van der Waals surface area contributed by atoms with Crippen molar-refractivity contribution in [3.05, 3.63) is 59.9 Å². The van der Waals surface area contributed by atoms with E-state index in [0.29, 0.717) is 0 Å². The van der Waals surface area contributed by atoms with Crippen molar-refractivity contribution in [2.75, 3.05) is 0 Å². The highest BCUT2D eigenvalue weighted by molar-refractivity contribution is 7.80. The van der Waals surface area contributed by atoms with Gasteiger partial charge in [0, 0.05) is 9.79 Å². The maximum atomic E-state index is 4.48. The van der Waals surface area contributed by atoms with E-state index in [4.69, 9.17) is 0 Å². The number of benzene rings is 2. The molecule has 0 aliphatic heterocycles. The number of hydrogen-bond acceptors (Lipinski definition) is 5. The van der Waals surface area contributed by atoms with Crippen molar-refractivity contribution < 1.29 is 0 Å². The van der Waals surface area contributed by atoms with Crippen LogP contribution < -0.4 is 0 Å². The van der Waals surface area contributed by atoms with Crippen molar-refractivity contribution in [3.8, 4) is 5.69 Å². The summed E-state index contributed by atoms with van der Waals surface area (Å²) in [5, 5.41) is 13.1. The molecule has 2 aromatic carbocycles. The second kappa shape index (κ2) is 6.60. The fourth-order valence-corrected chi connectivity index (χ4v) is 2.41. The van der Waals surface area contributed by atoms with Crippen LogP contribution in [0, 0.1) is 13.8 Å². The largest absolute Gasteiger partial charge is 0.238 e. The highest BCUT2D eigenvalue weighted by Gasteiger charge is 2.06. The molecule has 116 valence electrons. The molecule has 6 heteroatoms. The Hall–Kier alpha value is -2.05. The molecular weight excluding hydrogens is 324 g/mol. The van der Waals surface area contributed by atoms with Crippen molar-refractivity contribution in [2.24, 2.45) is 10.2 Å². The first kappa shape index (κ1) is 15.8. The fraction of sp³-hybridized carbons (Fsp3) is 0.118. The molecule has 23 heavy (non-hydrogen) atoms. The standard InChI is InChI=1S/C17H16N4S2/c1-11-3-4-13(9-17(11)23)18-19-16-10-21(20-12(16)2)14-5-7-15(22)8-6-14/h3-10,22-23H,1-2H3. The summed E-state index contributed by atoms with van der Waals surface area (Å²) in [4.78, 5) is 1.82. The Kier molecular flexibility index (Phi) is 4.54. The van der Waals surface area contributed by atoms with Crippen molar-refractivity contribution in [3.63, 3.8) is 0 Å². The Bertz CT molecular complexity index is 867. The lowest BCUT2D eigenvalue weighted by molar-refractivity contribution is 0.861. The lowest BCUT2D eigenvalue weighted by Crippen LogP contribution is -1.93. The Morgan fingerprint density at radius 3 is 2.39 bits per heavy atom. The molecule has 0 amide bonds. The SMILES string of the molecule is Cc1ccc(N=Nc2cn(-c3ccc(S)cc3)nc2C)cc1S. The normalized spacial score (nSPS) is 11.3. The zero-order valence-corrected chi connectivity index (χ0v) is 14.6. The summed E-state index contributed by atoms with van der Waals surface area (Å²) in [5.74, 6) is 0. The number of aromatic nitrogens is 2. The summed E-state index contributed by atoms with van der Waals surface area (Å²) in [7, 11) is 0. The van der Waals surface area contributed by atoms with Crippen LogP contribution in [0.4, 0.5) is 11.4 Å². The van der Waals surface area contributed by atoms with E-state index in [9.17, 15) is 0 Å². The number of azo groups is 1. The van der Waals surface area contributed by atoms with Gasteiger partial charge in [-0.1, -0.05) is 6.07 Å². The first-order valence-corrected chi connectivity index (χ1v) is 7.99. The number of nitrogens with zero attached hydrogens (tertiary/aromatic N) is 4. The summed E-state index contributed by atoms with van der Waals surface area (Å²) in [6.07, 6.45) is 1.86. The molecule has 0 saturated heterocycles. The van der Waals surface area contributed by atoms with Crippen LogP contribution in [0.1, 0.15) is 11.3 Å². The Morgan fingerprint density at radius 1 is 0.957 bits per heavy atom. The first-order chi connectivity index (χ1) is 11.0. The van der Waals surface area contributed by atoms with E-state index in [1.807, 2.05) is 62.5 Å². The molecule has 1 heterocycles. The Balaban J connectivity index is 1.87. The number of hydrogen-bond donors (Lipinski definition) is 2. The van der Waals surface area contributed by atoms with Crippen LogP contribution >= 0.6 is 25.3 Å². The molecule has 4 nitrogen and oxygen atoms in total. The third-order valence-corrected chi connectivity index (χ3v) is 4.23. The van der Waals surface area contributed by atoms with Crippen LogP contribution in [0.25, 0.3) is 5.69 Å². The number of thiol groups is 2. The maximum Gasteiger partial charge on any atom is 0.127 e. The van der Waals surface area contributed by atoms with Gasteiger partial charge in [0.15, 0.2) is 0 Å². The number of aryl methyl sites for hydroxylation is 2. The quantitative estimate of drug-likeness (QED) is 0.481. The van der Waals surface area contributed by atoms with Gasteiger partial charge in [-0.15, -0.1) is 30.4 Å². The molecule has 1 aromatic heterocycles. The van der Waals surface area contributed by atoms with E-state index in [0.717, 1.165) is 38.1 Å². The van der Waals surface area contributed by atoms with Gasteiger partial charge in [-0.25, -0.2) is 4.68 Å². The zero-order chi connectivity index (χ0) is 16.4. The summed E-state index contributed by atoms with van der Waals surface area (Å²) >= 11 is 8.69. The average Bonchev–Trinajstić information content (AvgIpc) is 2.90. The van der Waals surface area contributed by atoms with Crippen molar-refractivity contribution in [2.45, 2.75) is 23.6 Å². The van der Waals surface area contributed by atoms with E-state index >= 15 is 0 Å². The molecule has 0 N–H and O–H groups in total. The highest BCUT2D eigenvalue weighted by atomic mass is 32.1. The summed E-state index contributed by atoms with van der Waals surface area (Å²) in [5.41, 5.74) is 4.40. The summed E-state index contributed by atoms with van der Waals surface area (Å²) < 4.78 is 1.79. The number of rotatable bonds is 3. The second-order valence-corrected chi connectivity index (χ2v) is 6.23. The van der Waals surface area contributed by atoms with Gasteiger partial charge in [0.25, 0.3) is 0 Å². The lowest BCUT2D eigenvalue weighted by atomic mass is 10.2. The molecule has 0 unspecified atom stereocenters. The molecule has 3 aromatic rings. The minimum atomic E-state index is 0.737. The van der Waals surface area contributed by atoms with E-state index in [1.165, 1.54) is 0 Å². The molecule has 0 spiro atoms. The highest BCUT2D eigenvalue weighted by Crippen LogP contribution is 2.25. The monoisotopic (exact) mass is 340 g/mol. The van der Waals surface area contributed by atoms with E-state index in [2.05, 4.69) is 40.6 Å². The predicted octanol–water partition coefficient (Wildman–Crippen LogP) is 5.48. The van der Waals surface area contributed by atoms with E-state index in [1.54, 1.807) is 4.68 Å². The van der Waals surface area contributed by atoms with Crippen molar-refractivity contribution >= 4 is 36.6 Å². The first-order valence-electron chi connectivity index (χ1n) is 7.10.